The third kappa shape index (κ3) is 1.30. The van der Waals surface area contributed by atoms with Gasteiger partial charge in [-0.2, -0.15) is 0 Å². The van der Waals surface area contributed by atoms with Gasteiger partial charge < -0.3 is 4.89 Å². The maximum atomic E-state index is 11.7. The normalized spacial score (nSPS) is 11.8. The van der Waals surface area contributed by atoms with E-state index >= 15 is 0 Å². The van der Waals surface area contributed by atoms with Crippen molar-refractivity contribution < 1.29 is 9.46 Å². The first-order valence-corrected chi connectivity index (χ1v) is 5.08. The number of hydrogen-bond donors (Lipinski definition) is 1. The molecule has 2 aromatic rings. The number of hydrogen-bond acceptors (Lipinski definition) is 3. The Hall–Kier alpha value is -1.39. The Kier molecular flexibility index (Phi) is 1.79. The molecule has 0 amide bonds. The molecule has 0 bridgehead atoms. The minimum absolute atomic E-state index is 1.15. The molecule has 7 heteroatoms. The van der Waals surface area contributed by atoms with E-state index in [2.05, 4.69) is 9.97 Å². The Balaban J connectivity index is 2.49. The van der Waals surface area contributed by atoms with Gasteiger partial charge in [-0.15, -0.1) is 0 Å². The summed E-state index contributed by atoms with van der Waals surface area (Å²) in [6.45, 7) is 0. The molecule has 0 aliphatic heterocycles. The van der Waals surface area contributed by atoms with E-state index < -0.39 is 7.67 Å². The first-order valence-electron chi connectivity index (χ1n) is 3.51. The predicted molar refractivity (Wildman–Crippen MR) is 45.1 cm³/mol. The van der Waals surface area contributed by atoms with Gasteiger partial charge in [0.2, 0.25) is 0 Å². The van der Waals surface area contributed by atoms with E-state index in [1.807, 2.05) is 0 Å². The second-order valence-electron chi connectivity index (χ2n) is 2.40. The monoisotopic (exact) mass is 198 g/mol. The Bertz CT molecular complexity index is 383. The second kappa shape index (κ2) is 2.83. The van der Waals surface area contributed by atoms with Crippen molar-refractivity contribution in [2.24, 2.45) is 0 Å². The molecule has 68 valence electrons. The molecule has 0 aliphatic rings. The lowest BCUT2D eigenvalue weighted by Gasteiger charge is -2.11. The van der Waals surface area contributed by atoms with Gasteiger partial charge in [0, 0.05) is 24.8 Å². The number of nitrogens with zero attached hydrogens (tertiary/aromatic N) is 4. The van der Waals surface area contributed by atoms with E-state index in [1.54, 1.807) is 0 Å². The zero-order valence-corrected chi connectivity index (χ0v) is 7.45. The molecule has 0 atom stereocenters. The van der Waals surface area contributed by atoms with Gasteiger partial charge in [-0.25, -0.2) is 23.2 Å². The first kappa shape index (κ1) is 8.22. The molecule has 0 aliphatic carbocycles. The lowest BCUT2D eigenvalue weighted by atomic mass is 11.0. The van der Waals surface area contributed by atoms with Crippen molar-refractivity contribution in [1.82, 2.24) is 18.6 Å². The smallest absolute Gasteiger partial charge is 0.313 e. The maximum absolute atomic E-state index is 11.7. The van der Waals surface area contributed by atoms with Crippen molar-refractivity contribution in [3.05, 3.63) is 37.4 Å². The molecule has 1 N–H and O–H groups in total. The van der Waals surface area contributed by atoms with Gasteiger partial charge in [0.25, 0.3) is 0 Å². The van der Waals surface area contributed by atoms with Crippen molar-refractivity contribution >= 4 is 7.67 Å². The van der Waals surface area contributed by atoms with Crippen molar-refractivity contribution in [3.8, 4) is 0 Å². The summed E-state index contributed by atoms with van der Waals surface area (Å²) in [6, 6.07) is 0. The zero-order valence-electron chi connectivity index (χ0n) is 6.56. The Labute approximate surface area is 74.0 Å². The molecule has 2 heterocycles. The minimum Gasteiger partial charge on any atom is -0.313 e. The lowest BCUT2D eigenvalue weighted by molar-refractivity contribution is 0.456. The molecular formula is C6H7N4O2P. The average molecular weight is 198 g/mol. The van der Waals surface area contributed by atoms with Gasteiger partial charge in [0.05, 0.1) is 0 Å². The van der Waals surface area contributed by atoms with Crippen LogP contribution in [0.4, 0.5) is 0 Å². The molecule has 2 rings (SSSR count). The Morgan fingerprint density at radius 3 is 1.85 bits per heavy atom. The van der Waals surface area contributed by atoms with Crippen LogP contribution in [0.3, 0.4) is 0 Å². The highest BCUT2D eigenvalue weighted by atomic mass is 31.2. The first-order chi connectivity index (χ1) is 6.21. The summed E-state index contributed by atoms with van der Waals surface area (Å²) in [7, 11) is -3.59. The highest BCUT2D eigenvalue weighted by Gasteiger charge is 2.21. The van der Waals surface area contributed by atoms with E-state index in [4.69, 9.17) is 0 Å². The molecule has 13 heavy (non-hydrogen) atoms. The van der Waals surface area contributed by atoms with Crippen LogP contribution < -0.4 is 0 Å². The summed E-state index contributed by atoms with van der Waals surface area (Å²) in [6.07, 6.45) is 8.34. The van der Waals surface area contributed by atoms with Crippen molar-refractivity contribution in [2.75, 3.05) is 0 Å². The fourth-order valence-electron chi connectivity index (χ4n) is 0.932. The zero-order chi connectivity index (χ0) is 9.31. The van der Waals surface area contributed by atoms with E-state index in [0.717, 1.165) is 8.68 Å². The van der Waals surface area contributed by atoms with Crippen LogP contribution >= 0.6 is 7.67 Å². The van der Waals surface area contributed by atoms with Crippen LogP contribution in [0.5, 0.6) is 0 Å². The lowest BCUT2D eigenvalue weighted by Crippen LogP contribution is -2.01. The van der Waals surface area contributed by atoms with Crippen molar-refractivity contribution in [1.29, 1.82) is 0 Å². The summed E-state index contributed by atoms with van der Waals surface area (Å²) in [5, 5.41) is 0. The molecule has 0 saturated carbocycles. The Morgan fingerprint density at radius 1 is 1.08 bits per heavy atom. The SMILES string of the molecule is O=P(O)(n1ccnc1)n1ccnc1. The predicted octanol–water partition coefficient (Wildman–Crippen LogP) is 0.576. The molecule has 0 spiro atoms. The molecule has 6 nitrogen and oxygen atoms in total. The minimum atomic E-state index is -3.59. The fraction of sp³-hybridized carbons (Fsp3) is 0. The Morgan fingerprint density at radius 2 is 1.54 bits per heavy atom. The number of rotatable bonds is 2. The number of imidazole rings is 2. The highest BCUT2D eigenvalue weighted by Crippen LogP contribution is 2.42. The van der Waals surface area contributed by atoms with Crippen molar-refractivity contribution in [3.63, 3.8) is 0 Å². The summed E-state index contributed by atoms with van der Waals surface area (Å²) >= 11 is 0. The summed E-state index contributed by atoms with van der Waals surface area (Å²) in [4.78, 5) is 17.0. The second-order valence-corrected chi connectivity index (χ2v) is 4.35. The van der Waals surface area contributed by atoms with Crippen LogP contribution in [0.25, 0.3) is 0 Å². The third-order valence-electron chi connectivity index (χ3n) is 1.58. The van der Waals surface area contributed by atoms with Crippen LogP contribution in [-0.2, 0) is 4.57 Å². The summed E-state index contributed by atoms with van der Waals surface area (Å²) < 4.78 is 14.0. The van der Waals surface area contributed by atoms with E-state index in [1.165, 1.54) is 37.4 Å². The average Bonchev–Trinajstić information content (AvgIpc) is 2.78. The van der Waals surface area contributed by atoms with Gasteiger partial charge in [-0.05, 0) is 0 Å². The summed E-state index contributed by atoms with van der Waals surface area (Å²) in [5.41, 5.74) is 0. The van der Waals surface area contributed by atoms with Crippen LogP contribution in [0.15, 0.2) is 37.4 Å². The molecule has 2 aromatic heterocycles. The third-order valence-corrected chi connectivity index (χ3v) is 3.26. The van der Waals surface area contributed by atoms with Gasteiger partial charge in [-0.1, -0.05) is 0 Å². The topological polar surface area (TPSA) is 72.9 Å². The maximum Gasteiger partial charge on any atom is 0.403 e. The van der Waals surface area contributed by atoms with E-state index in [-0.39, 0.29) is 0 Å². The van der Waals surface area contributed by atoms with Gasteiger partial charge in [0.1, 0.15) is 12.7 Å². The highest BCUT2D eigenvalue weighted by molar-refractivity contribution is 7.54. The van der Waals surface area contributed by atoms with Gasteiger partial charge >= 0.3 is 7.67 Å². The van der Waals surface area contributed by atoms with Crippen molar-refractivity contribution in [2.45, 2.75) is 0 Å². The van der Waals surface area contributed by atoms with E-state index in [0.29, 0.717) is 0 Å². The van der Waals surface area contributed by atoms with Gasteiger partial charge in [0.15, 0.2) is 0 Å². The molecule has 0 aromatic carbocycles. The largest absolute Gasteiger partial charge is 0.403 e. The quantitative estimate of drug-likeness (QED) is 0.716. The molecular weight excluding hydrogens is 191 g/mol. The van der Waals surface area contributed by atoms with Crippen LogP contribution in [0.2, 0.25) is 0 Å². The molecule has 0 saturated heterocycles. The van der Waals surface area contributed by atoms with Crippen LogP contribution in [0.1, 0.15) is 0 Å². The molecule has 0 radical (unpaired) electrons. The molecule has 0 fully saturated rings. The van der Waals surface area contributed by atoms with Crippen LogP contribution in [-0.4, -0.2) is 23.5 Å². The molecule has 0 unspecified atom stereocenters. The summed E-state index contributed by atoms with van der Waals surface area (Å²) in [5.74, 6) is 0. The van der Waals surface area contributed by atoms with Gasteiger partial charge in [-0.3, -0.25) is 0 Å². The number of aromatic nitrogens is 4. The standard InChI is InChI=1S/C6H7N4O2P/c11-13(12,9-3-1-7-5-9)10-4-2-8-6-10/h1-6H,(H,11,12). The van der Waals surface area contributed by atoms with Crippen LogP contribution in [0, 0.1) is 0 Å². The fourth-order valence-corrected chi connectivity index (χ4v) is 2.03. The van der Waals surface area contributed by atoms with E-state index in [9.17, 15) is 9.46 Å².